The molecule has 1 aromatic carbocycles. The van der Waals surface area contributed by atoms with Crippen LogP contribution in [-0.4, -0.2) is 29.0 Å². The van der Waals surface area contributed by atoms with E-state index in [4.69, 9.17) is 27.2 Å². The van der Waals surface area contributed by atoms with E-state index in [0.717, 1.165) is 0 Å². The van der Waals surface area contributed by atoms with Crippen LogP contribution in [0.25, 0.3) is 0 Å². The van der Waals surface area contributed by atoms with Crippen molar-refractivity contribution in [1.82, 2.24) is 15.2 Å². The van der Waals surface area contributed by atoms with Crippen molar-refractivity contribution in [3.63, 3.8) is 0 Å². The lowest BCUT2D eigenvalue weighted by Gasteiger charge is -2.08. The quantitative estimate of drug-likeness (QED) is 0.347. The smallest absolute Gasteiger partial charge is 0.278 e. The first-order valence-corrected chi connectivity index (χ1v) is 8.95. The van der Waals surface area contributed by atoms with Crippen LogP contribution in [0.15, 0.2) is 40.0 Å². The Morgan fingerprint density at radius 3 is 2.89 bits per heavy atom. The predicted octanol–water partition coefficient (Wildman–Crippen LogP) is 3.14. The molecule has 0 aliphatic carbocycles. The number of nitrogens with one attached hydrogen (secondary N) is 1. The van der Waals surface area contributed by atoms with Crippen molar-refractivity contribution >= 4 is 29.8 Å². The normalized spacial score (nSPS) is 12.6. The third-order valence-corrected chi connectivity index (χ3v) is 4.35. The molecule has 146 valence electrons. The molecule has 0 spiro atoms. The molecule has 0 saturated heterocycles. The maximum Gasteiger partial charge on any atom is 0.278 e. The molecule has 1 heterocycles. The Hall–Kier alpha value is -2.30. The van der Waals surface area contributed by atoms with Crippen LogP contribution >= 0.6 is 23.5 Å². The van der Waals surface area contributed by atoms with Gasteiger partial charge in [0.1, 0.15) is 5.75 Å². The number of aryl methyl sites for hydroxylation is 2. The Morgan fingerprint density at radius 2 is 2.26 bits per heavy atom. The van der Waals surface area contributed by atoms with Gasteiger partial charge in [-0.1, -0.05) is 17.7 Å². The van der Waals surface area contributed by atoms with E-state index in [1.54, 1.807) is 42.9 Å². The lowest BCUT2D eigenvalue weighted by atomic mass is 10.3. The highest BCUT2D eigenvalue weighted by Gasteiger charge is 2.15. The zero-order chi connectivity index (χ0) is 20.0. The molecule has 2 rings (SSSR count). The Labute approximate surface area is 164 Å². The van der Waals surface area contributed by atoms with Crippen LogP contribution in [0.1, 0.15) is 11.3 Å². The average molecular weight is 417 g/mol. The maximum absolute atomic E-state index is 12.6. The number of alkyl halides is 2. The minimum Gasteiger partial charge on any atom is -0.439 e. The summed E-state index contributed by atoms with van der Waals surface area (Å²) in [6.07, 6.45) is -1.29. The SMILES string of the molecule is Cc1nn(C)c(Oc2cccc(Cl)c2)c1/C=N/NC/C(SN)=C(/N)C(F)F. The second kappa shape index (κ2) is 9.58. The summed E-state index contributed by atoms with van der Waals surface area (Å²) in [6, 6.07) is 6.94. The lowest BCUT2D eigenvalue weighted by Crippen LogP contribution is -2.18. The molecule has 27 heavy (non-hydrogen) atoms. The van der Waals surface area contributed by atoms with Gasteiger partial charge in [-0.2, -0.15) is 10.2 Å². The number of halogens is 3. The minimum absolute atomic E-state index is 0.0301. The number of allylic oxidation sites excluding steroid dienone is 1. The first-order chi connectivity index (χ1) is 12.8. The number of hydrogen-bond acceptors (Lipinski definition) is 7. The molecule has 5 N–H and O–H groups in total. The fourth-order valence-electron chi connectivity index (χ4n) is 2.13. The molecule has 0 aliphatic rings. The number of nitrogens with two attached hydrogens (primary N) is 2. The van der Waals surface area contributed by atoms with E-state index < -0.39 is 12.1 Å². The number of hydrogen-bond donors (Lipinski definition) is 3. The van der Waals surface area contributed by atoms with Gasteiger partial charge in [0, 0.05) is 17.0 Å². The standard InChI is InChI=1S/C16H19ClF2N6OS/c1-9-12(7-22-23-8-13(27-21)14(20)15(18)19)16(25(2)24-9)26-11-5-3-4-10(17)6-11/h3-7,15,23H,8,20-21H2,1-2H3/b14-13-,22-7+. The van der Waals surface area contributed by atoms with Crippen LogP contribution in [0.2, 0.25) is 5.02 Å². The molecule has 0 aliphatic heterocycles. The van der Waals surface area contributed by atoms with E-state index in [1.165, 1.54) is 6.21 Å². The summed E-state index contributed by atoms with van der Waals surface area (Å²) < 4.78 is 32.7. The average Bonchev–Trinajstić information content (AvgIpc) is 2.88. The fourth-order valence-corrected chi connectivity index (χ4v) is 2.68. The number of ether oxygens (including phenoxy) is 1. The van der Waals surface area contributed by atoms with E-state index in [1.807, 2.05) is 0 Å². The van der Waals surface area contributed by atoms with E-state index in [9.17, 15) is 8.78 Å². The molecule has 0 fully saturated rings. The van der Waals surface area contributed by atoms with E-state index >= 15 is 0 Å². The molecular formula is C16H19ClF2N6OS. The van der Waals surface area contributed by atoms with Gasteiger partial charge >= 0.3 is 0 Å². The van der Waals surface area contributed by atoms with Crippen LogP contribution in [0.5, 0.6) is 11.6 Å². The number of nitrogens with zero attached hydrogens (tertiary/aromatic N) is 3. The van der Waals surface area contributed by atoms with Gasteiger partial charge in [0.05, 0.1) is 29.7 Å². The van der Waals surface area contributed by atoms with E-state index in [2.05, 4.69) is 15.6 Å². The van der Waals surface area contributed by atoms with Crippen molar-refractivity contribution in [1.29, 1.82) is 0 Å². The van der Waals surface area contributed by atoms with Crippen LogP contribution < -0.4 is 21.0 Å². The second-order valence-electron chi connectivity index (χ2n) is 5.38. The topological polar surface area (TPSA) is 103 Å². The van der Waals surface area contributed by atoms with E-state index in [-0.39, 0.29) is 11.4 Å². The van der Waals surface area contributed by atoms with Gasteiger partial charge in [-0.05, 0) is 37.1 Å². The Morgan fingerprint density at radius 1 is 1.52 bits per heavy atom. The molecule has 0 amide bonds. The highest BCUT2D eigenvalue weighted by Crippen LogP contribution is 2.27. The minimum atomic E-state index is -2.78. The lowest BCUT2D eigenvalue weighted by molar-refractivity contribution is 0.187. The second-order valence-corrected chi connectivity index (χ2v) is 6.54. The van der Waals surface area contributed by atoms with Gasteiger partial charge in [-0.3, -0.25) is 5.14 Å². The summed E-state index contributed by atoms with van der Waals surface area (Å²) >= 11 is 6.62. The van der Waals surface area contributed by atoms with Crippen molar-refractivity contribution < 1.29 is 13.5 Å². The molecule has 2 aromatic rings. The molecular weight excluding hydrogens is 398 g/mol. The highest BCUT2D eigenvalue weighted by atomic mass is 35.5. The van der Waals surface area contributed by atoms with Gasteiger partial charge in [0.2, 0.25) is 5.88 Å². The summed E-state index contributed by atoms with van der Waals surface area (Å²) in [5.41, 5.74) is 8.67. The van der Waals surface area contributed by atoms with Crippen LogP contribution in [0, 0.1) is 6.92 Å². The molecule has 1 aromatic heterocycles. The van der Waals surface area contributed by atoms with Gasteiger partial charge in [0.25, 0.3) is 6.43 Å². The number of rotatable bonds is 8. The van der Waals surface area contributed by atoms with Crippen molar-refractivity contribution in [2.24, 2.45) is 23.0 Å². The molecule has 7 nitrogen and oxygen atoms in total. The monoisotopic (exact) mass is 416 g/mol. The highest BCUT2D eigenvalue weighted by molar-refractivity contribution is 8.01. The van der Waals surface area contributed by atoms with Gasteiger partial charge < -0.3 is 15.9 Å². The Bertz CT molecular complexity index is 855. The first kappa shape index (κ1) is 21.0. The van der Waals surface area contributed by atoms with Crippen LogP contribution in [-0.2, 0) is 7.05 Å². The molecule has 0 radical (unpaired) electrons. The van der Waals surface area contributed by atoms with Gasteiger partial charge in [0.15, 0.2) is 0 Å². The van der Waals surface area contributed by atoms with Gasteiger partial charge in [-0.15, -0.1) is 0 Å². The van der Waals surface area contributed by atoms with Gasteiger partial charge in [-0.25, -0.2) is 13.5 Å². The van der Waals surface area contributed by atoms with Crippen molar-refractivity contribution in [3.8, 4) is 11.6 Å². The van der Waals surface area contributed by atoms with Crippen LogP contribution in [0.3, 0.4) is 0 Å². The largest absolute Gasteiger partial charge is 0.439 e. The number of hydrazone groups is 1. The summed E-state index contributed by atoms with van der Waals surface area (Å²) in [7, 11) is 1.73. The van der Waals surface area contributed by atoms with Crippen LogP contribution in [0.4, 0.5) is 8.78 Å². The zero-order valence-electron chi connectivity index (χ0n) is 14.6. The summed E-state index contributed by atoms with van der Waals surface area (Å²) in [4.78, 5) is 0.112. The molecule has 0 saturated carbocycles. The van der Waals surface area contributed by atoms with Crippen molar-refractivity contribution in [2.45, 2.75) is 13.3 Å². The third kappa shape index (κ3) is 5.59. The molecule has 0 bridgehead atoms. The fraction of sp³-hybridized carbons (Fsp3) is 0.250. The first-order valence-electron chi connectivity index (χ1n) is 7.69. The molecule has 0 unspecified atom stereocenters. The number of aromatic nitrogens is 2. The van der Waals surface area contributed by atoms with E-state index in [0.29, 0.717) is 39.9 Å². The summed E-state index contributed by atoms with van der Waals surface area (Å²) in [6.45, 7) is 1.76. The Balaban J connectivity index is 2.14. The summed E-state index contributed by atoms with van der Waals surface area (Å²) in [5, 5.41) is 14.2. The summed E-state index contributed by atoms with van der Waals surface area (Å²) in [5.74, 6) is 0.999. The molecule has 0 atom stereocenters. The van der Waals surface area contributed by atoms with Crippen molar-refractivity contribution in [2.75, 3.05) is 6.54 Å². The predicted molar refractivity (Wildman–Crippen MR) is 104 cm³/mol. The zero-order valence-corrected chi connectivity index (χ0v) is 16.2. The van der Waals surface area contributed by atoms with Crippen molar-refractivity contribution in [3.05, 3.63) is 51.1 Å². The Kier molecular flexibility index (Phi) is 7.45. The molecule has 11 heteroatoms. The third-order valence-electron chi connectivity index (χ3n) is 3.45. The maximum atomic E-state index is 12.6. The number of benzene rings is 1.